The summed E-state index contributed by atoms with van der Waals surface area (Å²) in [6.45, 7) is 7.18. The zero-order valence-corrected chi connectivity index (χ0v) is 20.8. The molecule has 0 amide bonds. The maximum Gasteiger partial charge on any atom is 0.717 e. The van der Waals surface area contributed by atoms with Crippen molar-refractivity contribution in [2.45, 2.75) is 20.8 Å². The van der Waals surface area contributed by atoms with Crippen molar-refractivity contribution in [1.82, 2.24) is 0 Å². The van der Waals surface area contributed by atoms with Gasteiger partial charge >= 0.3 is 8.17 Å². The quantitative estimate of drug-likeness (QED) is 0.257. The van der Waals surface area contributed by atoms with Gasteiger partial charge < -0.3 is 4.48 Å². The van der Waals surface area contributed by atoms with E-state index in [1.807, 2.05) is 93.6 Å². The summed E-state index contributed by atoms with van der Waals surface area (Å²) in [7, 11) is 3.02. The molecular weight excluding hydrogens is 421 g/mol. The molecule has 0 aliphatic carbocycles. The minimum atomic E-state index is -3.34. The van der Waals surface area contributed by atoms with Gasteiger partial charge in [0.1, 0.15) is 6.54 Å². The van der Waals surface area contributed by atoms with Crippen LogP contribution >= 0.6 is 8.17 Å². The molecule has 0 atom stereocenters. The van der Waals surface area contributed by atoms with Gasteiger partial charge in [0.05, 0.1) is 21.1 Å². The standard InChI is InChI=1S/C26H34NO4P/c1-21-13-7-10-16-24(21)29-32(28-20-19-27(4,5)6,30-25-17-11-8-14-22(25)2)31-26-18-12-9-15-23(26)3/h7-18H,19-20H2,1-6H3/q+2. The number of aryl methyl sites for hydroxylation is 3. The summed E-state index contributed by atoms with van der Waals surface area (Å²) in [5.74, 6) is 2.02. The number of hydrogen-bond donors (Lipinski definition) is 0. The van der Waals surface area contributed by atoms with Gasteiger partial charge in [0.2, 0.25) is 0 Å². The lowest BCUT2D eigenvalue weighted by molar-refractivity contribution is -0.870. The SMILES string of the molecule is Cc1ccccc1O[P+](OCC[N+](C)(C)C)(Oc1ccccc1C)Oc1ccccc1C. The van der Waals surface area contributed by atoms with E-state index in [2.05, 4.69) is 21.1 Å². The molecular formula is C26H34NO4P+2. The molecule has 0 radical (unpaired) electrons. The Balaban J connectivity index is 2.05. The molecule has 0 unspecified atom stereocenters. The number of rotatable bonds is 10. The molecule has 3 aromatic rings. The molecule has 0 bridgehead atoms. The largest absolute Gasteiger partial charge is 0.717 e. The summed E-state index contributed by atoms with van der Waals surface area (Å²) >= 11 is 0. The van der Waals surface area contributed by atoms with Crippen molar-refractivity contribution in [2.75, 3.05) is 34.3 Å². The molecule has 5 nitrogen and oxygen atoms in total. The van der Waals surface area contributed by atoms with Gasteiger partial charge in [-0.1, -0.05) is 54.6 Å². The summed E-state index contributed by atoms with van der Waals surface area (Å²) in [6.07, 6.45) is 0. The van der Waals surface area contributed by atoms with Crippen molar-refractivity contribution in [1.29, 1.82) is 0 Å². The highest BCUT2D eigenvalue weighted by atomic mass is 31.2. The van der Waals surface area contributed by atoms with Crippen molar-refractivity contribution in [3.63, 3.8) is 0 Å². The molecule has 0 fully saturated rings. The second-order valence-electron chi connectivity index (χ2n) is 8.86. The van der Waals surface area contributed by atoms with Crippen molar-refractivity contribution >= 4 is 8.17 Å². The van der Waals surface area contributed by atoms with Crippen LogP contribution in [0.4, 0.5) is 0 Å². The molecule has 0 aliphatic heterocycles. The Morgan fingerprint density at radius 3 is 1.25 bits per heavy atom. The monoisotopic (exact) mass is 455 g/mol. The number of likely N-dealkylation sites (N-methyl/N-ethyl adjacent to an activating group) is 1. The minimum Gasteiger partial charge on any atom is -0.329 e. The molecule has 3 aromatic carbocycles. The van der Waals surface area contributed by atoms with Crippen LogP contribution in [0.2, 0.25) is 0 Å². The van der Waals surface area contributed by atoms with Gasteiger partial charge in [0, 0.05) is 0 Å². The third kappa shape index (κ3) is 6.70. The average Bonchev–Trinajstić information content (AvgIpc) is 2.72. The van der Waals surface area contributed by atoms with Crippen LogP contribution in [0.25, 0.3) is 0 Å². The van der Waals surface area contributed by atoms with Crippen molar-refractivity contribution < 1.29 is 22.6 Å². The first-order chi connectivity index (χ1) is 15.2. The van der Waals surface area contributed by atoms with Crippen LogP contribution < -0.4 is 13.6 Å². The first-order valence-corrected chi connectivity index (χ1v) is 12.2. The summed E-state index contributed by atoms with van der Waals surface area (Å²) in [6, 6.07) is 23.5. The van der Waals surface area contributed by atoms with Gasteiger partial charge in [-0.05, 0) is 55.7 Å². The summed E-state index contributed by atoms with van der Waals surface area (Å²) in [5, 5.41) is 0. The van der Waals surface area contributed by atoms with Crippen LogP contribution in [0, 0.1) is 20.8 Å². The Hall–Kier alpha value is -2.59. The topological polar surface area (TPSA) is 36.9 Å². The predicted octanol–water partition coefficient (Wildman–Crippen LogP) is 6.55. The molecule has 0 saturated heterocycles. The van der Waals surface area contributed by atoms with Crippen LogP contribution in [0.3, 0.4) is 0 Å². The fourth-order valence-electron chi connectivity index (χ4n) is 2.90. The third-order valence-corrected chi connectivity index (χ3v) is 6.68. The number of quaternary nitrogens is 1. The fourth-order valence-corrected chi connectivity index (χ4v) is 4.81. The van der Waals surface area contributed by atoms with E-state index in [0.717, 1.165) is 27.7 Å². The Kier molecular flexibility index (Phi) is 7.78. The Labute approximate surface area is 192 Å². The van der Waals surface area contributed by atoms with Crippen molar-refractivity contribution in [3.8, 4) is 17.2 Å². The highest BCUT2D eigenvalue weighted by Gasteiger charge is 2.56. The summed E-state index contributed by atoms with van der Waals surface area (Å²) in [5.41, 5.74) is 2.94. The Morgan fingerprint density at radius 2 is 0.938 bits per heavy atom. The molecule has 6 heteroatoms. The average molecular weight is 456 g/mol. The van der Waals surface area contributed by atoms with E-state index in [4.69, 9.17) is 18.1 Å². The highest BCUT2D eigenvalue weighted by molar-refractivity contribution is 7.57. The van der Waals surface area contributed by atoms with Gasteiger partial charge in [-0.25, -0.2) is 13.6 Å². The van der Waals surface area contributed by atoms with Gasteiger partial charge in [-0.15, -0.1) is 4.52 Å². The van der Waals surface area contributed by atoms with Crippen LogP contribution in [-0.4, -0.2) is 38.8 Å². The molecule has 32 heavy (non-hydrogen) atoms. The molecule has 0 spiro atoms. The van der Waals surface area contributed by atoms with Crippen molar-refractivity contribution in [3.05, 3.63) is 89.5 Å². The van der Waals surface area contributed by atoms with Gasteiger partial charge in [-0.2, -0.15) is 0 Å². The van der Waals surface area contributed by atoms with E-state index in [1.54, 1.807) is 0 Å². The number of benzene rings is 3. The normalized spacial score (nSPS) is 11.8. The molecule has 0 saturated carbocycles. The zero-order valence-electron chi connectivity index (χ0n) is 19.9. The van der Waals surface area contributed by atoms with Crippen LogP contribution in [-0.2, 0) is 4.52 Å². The molecule has 3 rings (SSSR count). The fraction of sp³-hybridized carbons (Fsp3) is 0.308. The first kappa shape index (κ1) is 24.1. The summed E-state index contributed by atoms with van der Waals surface area (Å²) in [4.78, 5) is 0. The zero-order chi connectivity index (χ0) is 23.2. The lowest BCUT2D eigenvalue weighted by Gasteiger charge is -2.25. The Morgan fingerprint density at radius 1 is 0.594 bits per heavy atom. The minimum absolute atomic E-state index is 0.418. The second-order valence-corrected chi connectivity index (χ2v) is 10.6. The van der Waals surface area contributed by atoms with Gasteiger partial charge in [0.15, 0.2) is 23.9 Å². The van der Waals surface area contributed by atoms with Crippen molar-refractivity contribution in [2.24, 2.45) is 0 Å². The smallest absolute Gasteiger partial charge is 0.329 e. The van der Waals surface area contributed by atoms with E-state index in [9.17, 15) is 0 Å². The van der Waals surface area contributed by atoms with E-state index in [-0.39, 0.29) is 0 Å². The van der Waals surface area contributed by atoms with Gasteiger partial charge in [0.25, 0.3) is 0 Å². The molecule has 170 valence electrons. The molecule has 0 aliphatic rings. The van der Waals surface area contributed by atoms with Gasteiger partial charge in [-0.3, -0.25) is 0 Å². The first-order valence-electron chi connectivity index (χ1n) is 10.8. The highest BCUT2D eigenvalue weighted by Crippen LogP contribution is 2.62. The van der Waals surface area contributed by atoms with Crippen LogP contribution in [0.5, 0.6) is 17.2 Å². The van der Waals surface area contributed by atoms with E-state index in [0.29, 0.717) is 23.9 Å². The third-order valence-electron chi connectivity index (χ3n) is 4.92. The number of nitrogens with zero attached hydrogens (tertiary/aromatic N) is 1. The molecule has 0 heterocycles. The molecule has 0 N–H and O–H groups in total. The molecule has 0 aromatic heterocycles. The maximum atomic E-state index is 6.50. The van der Waals surface area contributed by atoms with E-state index >= 15 is 0 Å². The predicted molar refractivity (Wildman–Crippen MR) is 131 cm³/mol. The number of para-hydroxylation sites is 3. The summed E-state index contributed by atoms with van der Waals surface area (Å²) < 4.78 is 26.7. The van der Waals surface area contributed by atoms with E-state index < -0.39 is 8.17 Å². The maximum absolute atomic E-state index is 6.50. The lowest BCUT2D eigenvalue weighted by atomic mass is 10.2. The van der Waals surface area contributed by atoms with Crippen LogP contribution in [0.1, 0.15) is 16.7 Å². The Bertz CT molecular complexity index is 916. The van der Waals surface area contributed by atoms with Crippen LogP contribution in [0.15, 0.2) is 72.8 Å². The number of hydrogen-bond acceptors (Lipinski definition) is 4. The van der Waals surface area contributed by atoms with E-state index in [1.165, 1.54) is 0 Å². The second kappa shape index (κ2) is 10.4. The lowest BCUT2D eigenvalue weighted by Crippen LogP contribution is -2.38.